The number of hydrogen-bond donors (Lipinski definition) is 1. The van der Waals surface area contributed by atoms with Crippen LogP contribution in [0.2, 0.25) is 0 Å². The number of rotatable bonds is 13. The SMILES string of the molecule is CC=C(C)C(=O)OCCCOCCOCCOCCO. The molecule has 6 heteroatoms. The number of allylic oxidation sites excluding steroid dienone is 1. The van der Waals surface area contributed by atoms with Crippen LogP contribution in [0.1, 0.15) is 20.3 Å². The molecule has 0 aliphatic carbocycles. The first-order valence-corrected chi connectivity index (χ1v) is 6.86. The maximum absolute atomic E-state index is 11.3. The van der Waals surface area contributed by atoms with Crippen LogP contribution in [0.25, 0.3) is 0 Å². The standard InChI is InChI=1S/C14H26O6/c1-3-13(2)14(16)20-7-4-6-17-9-11-19-12-10-18-8-5-15/h3,15H,4-12H2,1-2H3. The number of ether oxygens (including phenoxy) is 4. The second-order valence-electron chi connectivity index (χ2n) is 4.02. The van der Waals surface area contributed by atoms with E-state index in [1.54, 1.807) is 19.9 Å². The van der Waals surface area contributed by atoms with Gasteiger partial charge in [-0.05, 0) is 13.8 Å². The number of aliphatic hydroxyl groups is 1. The van der Waals surface area contributed by atoms with Gasteiger partial charge in [-0.3, -0.25) is 0 Å². The van der Waals surface area contributed by atoms with E-state index in [1.165, 1.54) is 0 Å². The van der Waals surface area contributed by atoms with Crippen molar-refractivity contribution in [3.63, 3.8) is 0 Å². The molecule has 0 aromatic carbocycles. The van der Waals surface area contributed by atoms with E-state index in [9.17, 15) is 4.79 Å². The van der Waals surface area contributed by atoms with Crippen LogP contribution in [-0.2, 0) is 23.7 Å². The maximum atomic E-state index is 11.3. The van der Waals surface area contributed by atoms with Crippen LogP contribution in [0, 0.1) is 0 Å². The molecule has 0 heterocycles. The summed E-state index contributed by atoms with van der Waals surface area (Å²) >= 11 is 0. The summed E-state index contributed by atoms with van der Waals surface area (Å²) in [5, 5.41) is 8.47. The van der Waals surface area contributed by atoms with Crippen molar-refractivity contribution in [2.75, 3.05) is 52.9 Å². The van der Waals surface area contributed by atoms with Gasteiger partial charge in [-0.25, -0.2) is 4.79 Å². The fourth-order valence-electron chi connectivity index (χ4n) is 1.16. The minimum atomic E-state index is -0.279. The fourth-order valence-corrected chi connectivity index (χ4v) is 1.16. The van der Waals surface area contributed by atoms with E-state index in [2.05, 4.69) is 0 Å². The third-order valence-corrected chi connectivity index (χ3v) is 2.40. The summed E-state index contributed by atoms with van der Waals surface area (Å²) in [5.74, 6) is -0.279. The Morgan fingerprint density at radius 3 is 2.05 bits per heavy atom. The molecule has 0 fully saturated rings. The largest absolute Gasteiger partial charge is 0.462 e. The van der Waals surface area contributed by atoms with Gasteiger partial charge in [-0.15, -0.1) is 0 Å². The van der Waals surface area contributed by atoms with E-state index in [-0.39, 0.29) is 12.6 Å². The van der Waals surface area contributed by atoms with Gasteiger partial charge in [0.25, 0.3) is 0 Å². The summed E-state index contributed by atoms with van der Waals surface area (Å²) in [6.07, 6.45) is 2.39. The van der Waals surface area contributed by atoms with E-state index >= 15 is 0 Å². The predicted molar refractivity (Wildman–Crippen MR) is 74.5 cm³/mol. The molecular weight excluding hydrogens is 264 g/mol. The van der Waals surface area contributed by atoms with Gasteiger partial charge in [0.1, 0.15) is 0 Å². The van der Waals surface area contributed by atoms with Gasteiger partial charge < -0.3 is 24.1 Å². The third kappa shape index (κ3) is 12.1. The Bertz CT molecular complexity index is 264. The first kappa shape index (κ1) is 19.1. The van der Waals surface area contributed by atoms with E-state index in [4.69, 9.17) is 24.1 Å². The van der Waals surface area contributed by atoms with Gasteiger partial charge in [0.05, 0.1) is 46.2 Å². The minimum absolute atomic E-state index is 0.0290. The number of hydrogen-bond acceptors (Lipinski definition) is 6. The summed E-state index contributed by atoms with van der Waals surface area (Å²) in [6, 6.07) is 0. The molecule has 0 atom stereocenters. The zero-order valence-electron chi connectivity index (χ0n) is 12.4. The highest BCUT2D eigenvalue weighted by atomic mass is 16.5. The zero-order valence-corrected chi connectivity index (χ0v) is 12.4. The van der Waals surface area contributed by atoms with Crippen LogP contribution in [0.3, 0.4) is 0 Å². The molecule has 0 aromatic rings. The summed E-state index contributed by atoms with van der Waals surface area (Å²) < 4.78 is 20.6. The summed E-state index contributed by atoms with van der Waals surface area (Å²) in [5.41, 5.74) is 0.614. The van der Waals surface area contributed by atoms with Gasteiger partial charge in [-0.2, -0.15) is 0 Å². The molecule has 6 nitrogen and oxygen atoms in total. The van der Waals surface area contributed by atoms with Crippen molar-refractivity contribution in [2.24, 2.45) is 0 Å². The number of carbonyl (C=O) groups is 1. The second-order valence-corrected chi connectivity index (χ2v) is 4.02. The summed E-state index contributed by atoms with van der Waals surface area (Å²) in [4.78, 5) is 11.3. The number of carbonyl (C=O) groups excluding carboxylic acids is 1. The van der Waals surface area contributed by atoms with Crippen molar-refractivity contribution in [3.8, 4) is 0 Å². The molecule has 0 saturated heterocycles. The fraction of sp³-hybridized carbons (Fsp3) is 0.786. The first-order chi connectivity index (χ1) is 9.72. The van der Waals surface area contributed by atoms with Crippen molar-refractivity contribution < 1.29 is 28.8 Å². The molecule has 0 rings (SSSR count). The Hall–Kier alpha value is -0.950. The second kappa shape index (κ2) is 14.5. The van der Waals surface area contributed by atoms with Gasteiger partial charge >= 0.3 is 5.97 Å². The van der Waals surface area contributed by atoms with Crippen LogP contribution in [0.5, 0.6) is 0 Å². The van der Waals surface area contributed by atoms with Crippen LogP contribution in [-0.4, -0.2) is 63.9 Å². The molecule has 0 bridgehead atoms. The Balaban J connectivity index is 3.15. The first-order valence-electron chi connectivity index (χ1n) is 6.86. The maximum Gasteiger partial charge on any atom is 0.333 e. The molecule has 0 radical (unpaired) electrons. The van der Waals surface area contributed by atoms with Crippen molar-refractivity contribution in [1.82, 2.24) is 0 Å². The Morgan fingerprint density at radius 1 is 0.950 bits per heavy atom. The molecule has 20 heavy (non-hydrogen) atoms. The quantitative estimate of drug-likeness (QED) is 0.309. The van der Waals surface area contributed by atoms with Crippen molar-refractivity contribution in [2.45, 2.75) is 20.3 Å². The van der Waals surface area contributed by atoms with Crippen LogP contribution in [0.4, 0.5) is 0 Å². The molecule has 1 N–H and O–H groups in total. The molecular formula is C14H26O6. The van der Waals surface area contributed by atoms with Crippen LogP contribution in [0.15, 0.2) is 11.6 Å². The van der Waals surface area contributed by atoms with Gasteiger partial charge in [0, 0.05) is 18.6 Å². The van der Waals surface area contributed by atoms with Gasteiger partial charge in [0.15, 0.2) is 0 Å². The highest BCUT2D eigenvalue weighted by Gasteiger charge is 2.03. The lowest BCUT2D eigenvalue weighted by Crippen LogP contribution is -2.12. The number of aliphatic hydroxyl groups excluding tert-OH is 1. The lowest BCUT2D eigenvalue weighted by atomic mass is 10.3. The molecule has 118 valence electrons. The lowest BCUT2D eigenvalue weighted by molar-refractivity contribution is -0.139. The molecule has 0 aliphatic heterocycles. The van der Waals surface area contributed by atoms with Crippen molar-refractivity contribution in [1.29, 1.82) is 0 Å². The molecule has 0 aromatic heterocycles. The van der Waals surface area contributed by atoms with Crippen molar-refractivity contribution >= 4 is 5.97 Å². The van der Waals surface area contributed by atoms with Crippen molar-refractivity contribution in [3.05, 3.63) is 11.6 Å². The Morgan fingerprint density at radius 2 is 1.50 bits per heavy atom. The molecule has 0 saturated carbocycles. The van der Waals surface area contributed by atoms with Crippen LogP contribution >= 0.6 is 0 Å². The average Bonchev–Trinajstić information content (AvgIpc) is 2.47. The highest BCUT2D eigenvalue weighted by molar-refractivity contribution is 5.87. The molecule has 0 spiro atoms. The minimum Gasteiger partial charge on any atom is -0.462 e. The normalized spacial score (nSPS) is 11.7. The molecule has 0 amide bonds. The molecule has 0 unspecified atom stereocenters. The Kier molecular flexibility index (Phi) is 13.8. The van der Waals surface area contributed by atoms with Gasteiger partial charge in [0.2, 0.25) is 0 Å². The van der Waals surface area contributed by atoms with E-state index in [0.29, 0.717) is 58.2 Å². The highest BCUT2D eigenvalue weighted by Crippen LogP contribution is 1.96. The lowest BCUT2D eigenvalue weighted by Gasteiger charge is -2.07. The van der Waals surface area contributed by atoms with Gasteiger partial charge in [-0.1, -0.05) is 6.08 Å². The zero-order chi connectivity index (χ0) is 15.1. The van der Waals surface area contributed by atoms with E-state index in [0.717, 1.165) is 0 Å². The monoisotopic (exact) mass is 290 g/mol. The van der Waals surface area contributed by atoms with Crippen LogP contribution < -0.4 is 0 Å². The smallest absolute Gasteiger partial charge is 0.333 e. The average molecular weight is 290 g/mol. The predicted octanol–water partition coefficient (Wildman–Crippen LogP) is 0.928. The van der Waals surface area contributed by atoms with E-state index in [1.807, 2.05) is 0 Å². The molecule has 0 aliphatic rings. The van der Waals surface area contributed by atoms with E-state index < -0.39 is 0 Å². The topological polar surface area (TPSA) is 74.2 Å². The summed E-state index contributed by atoms with van der Waals surface area (Å²) in [7, 11) is 0. The Labute approximate surface area is 120 Å². The number of esters is 1. The third-order valence-electron chi connectivity index (χ3n) is 2.40. The summed E-state index contributed by atoms with van der Waals surface area (Å²) in [6.45, 7) is 6.75.